The van der Waals surface area contributed by atoms with Gasteiger partial charge in [-0.3, -0.25) is 4.79 Å². The van der Waals surface area contributed by atoms with Gasteiger partial charge in [-0.25, -0.2) is 0 Å². The molecule has 0 aromatic carbocycles. The van der Waals surface area contributed by atoms with Crippen LogP contribution in [-0.2, 0) is 4.79 Å². The minimum Gasteiger partial charge on any atom is -0.352 e. The zero-order valence-corrected chi connectivity index (χ0v) is 11.4. The lowest BCUT2D eigenvalue weighted by molar-refractivity contribution is -0.124. The van der Waals surface area contributed by atoms with Crippen LogP contribution in [0.1, 0.15) is 65.2 Å². The van der Waals surface area contributed by atoms with Crippen molar-refractivity contribution in [3.8, 4) is 0 Å². The summed E-state index contributed by atoms with van der Waals surface area (Å²) in [7, 11) is 0. The van der Waals surface area contributed by atoms with Crippen LogP contribution in [0, 0.1) is 0 Å². The Bertz CT molecular complexity index is 210. The second kappa shape index (κ2) is 8.51. The van der Waals surface area contributed by atoms with E-state index in [4.69, 9.17) is 0 Å². The molecular formula is C14H28N2O. The highest BCUT2D eigenvalue weighted by Gasteiger charge is 2.20. The van der Waals surface area contributed by atoms with Crippen LogP contribution in [0.4, 0.5) is 0 Å². The van der Waals surface area contributed by atoms with Crippen molar-refractivity contribution in [2.75, 3.05) is 6.54 Å². The van der Waals surface area contributed by atoms with Crippen molar-refractivity contribution in [3.05, 3.63) is 0 Å². The molecule has 2 unspecified atom stereocenters. The lowest BCUT2D eigenvalue weighted by atomic mass is 10.0. The maximum atomic E-state index is 12.1. The molecule has 0 radical (unpaired) electrons. The molecule has 3 nitrogen and oxygen atoms in total. The molecule has 0 bridgehead atoms. The largest absolute Gasteiger partial charge is 0.352 e. The van der Waals surface area contributed by atoms with Gasteiger partial charge in [0.25, 0.3) is 0 Å². The molecule has 1 amide bonds. The van der Waals surface area contributed by atoms with E-state index in [0.717, 1.165) is 32.2 Å². The number of carbonyl (C=O) groups excluding carboxylic acids is 1. The monoisotopic (exact) mass is 240 g/mol. The maximum Gasteiger partial charge on any atom is 0.237 e. The molecule has 3 heteroatoms. The molecule has 1 rings (SSSR count). The Hall–Kier alpha value is -0.570. The SMILES string of the molecule is CCCC(CC)NC(=O)C1CCCCCCN1. The van der Waals surface area contributed by atoms with Gasteiger partial charge in [0.2, 0.25) is 5.91 Å². The van der Waals surface area contributed by atoms with E-state index in [9.17, 15) is 4.79 Å². The fourth-order valence-corrected chi connectivity index (χ4v) is 2.46. The molecule has 100 valence electrons. The normalized spacial score (nSPS) is 23.5. The van der Waals surface area contributed by atoms with Crippen molar-refractivity contribution in [2.24, 2.45) is 0 Å². The Balaban J connectivity index is 2.37. The van der Waals surface area contributed by atoms with Gasteiger partial charge in [0.15, 0.2) is 0 Å². The van der Waals surface area contributed by atoms with E-state index in [1.165, 1.54) is 25.7 Å². The Kier molecular flexibility index (Phi) is 7.25. The number of amides is 1. The average Bonchev–Trinajstić information content (AvgIpc) is 2.27. The minimum absolute atomic E-state index is 0.0428. The summed E-state index contributed by atoms with van der Waals surface area (Å²) in [5.41, 5.74) is 0. The van der Waals surface area contributed by atoms with Gasteiger partial charge in [-0.05, 0) is 32.2 Å². The molecule has 1 heterocycles. The van der Waals surface area contributed by atoms with Crippen molar-refractivity contribution in [2.45, 2.75) is 77.3 Å². The van der Waals surface area contributed by atoms with Crippen molar-refractivity contribution >= 4 is 5.91 Å². The highest BCUT2D eigenvalue weighted by molar-refractivity contribution is 5.82. The number of hydrogen-bond acceptors (Lipinski definition) is 2. The van der Waals surface area contributed by atoms with Crippen molar-refractivity contribution in [3.63, 3.8) is 0 Å². The number of hydrogen-bond donors (Lipinski definition) is 2. The second-order valence-corrected chi connectivity index (χ2v) is 5.11. The van der Waals surface area contributed by atoms with Gasteiger partial charge >= 0.3 is 0 Å². The molecule has 2 N–H and O–H groups in total. The quantitative estimate of drug-likeness (QED) is 0.775. The van der Waals surface area contributed by atoms with Crippen molar-refractivity contribution in [1.29, 1.82) is 0 Å². The first kappa shape index (κ1) is 14.5. The van der Waals surface area contributed by atoms with Crippen LogP contribution < -0.4 is 10.6 Å². The van der Waals surface area contributed by atoms with Gasteiger partial charge in [-0.15, -0.1) is 0 Å². The van der Waals surface area contributed by atoms with Crippen LogP contribution in [0.25, 0.3) is 0 Å². The highest BCUT2D eigenvalue weighted by atomic mass is 16.2. The zero-order valence-electron chi connectivity index (χ0n) is 11.4. The van der Waals surface area contributed by atoms with E-state index in [0.29, 0.717) is 6.04 Å². The van der Waals surface area contributed by atoms with Crippen LogP contribution >= 0.6 is 0 Å². The predicted octanol–water partition coefficient (Wildman–Crippen LogP) is 2.60. The molecule has 1 saturated heterocycles. The Morgan fingerprint density at radius 3 is 2.76 bits per heavy atom. The molecular weight excluding hydrogens is 212 g/mol. The van der Waals surface area contributed by atoms with Crippen molar-refractivity contribution in [1.82, 2.24) is 10.6 Å². The molecule has 1 fully saturated rings. The van der Waals surface area contributed by atoms with Gasteiger partial charge in [0.1, 0.15) is 0 Å². The number of nitrogens with one attached hydrogen (secondary N) is 2. The Morgan fingerprint density at radius 1 is 1.29 bits per heavy atom. The third kappa shape index (κ3) is 5.53. The van der Waals surface area contributed by atoms with E-state index < -0.39 is 0 Å². The van der Waals surface area contributed by atoms with E-state index >= 15 is 0 Å². The molecule has 2 atom stereocenters. The first-order chi connectivity index (χ1) is 8.27. The van der Waals surface area contributed by atoms with Crippen LogP contribution in [0.5, 0.6) is 0 Å². The first-order valence-electron chi connectivity index (χ1n) is 7.31. The molecule has 0 aliphatic carbocycles. The summed E-state index contributed by atoms with van der Waals surface area (Å²) >= 11 is 0. The van der Waals surface area contributed by atoms with Crippen LogP contribution in [0.2, 0.25) is 0 Å². The Labute approximate surface area is 106 Å². The number of rotatable bonds is 5. The average molecular weight is 240 g/mol. The van der Waals surface area contributed by atoms with Crippen molar-refractivity contribution < 1.29 is 4.79 Å². The summed E-state index contributed by atoms with van der Waals surface area (Å²) in [5.74, 6) is 0.215. The summed E-state index contributed by atoms with van der Waals surface area (Å²) < 4.78 is 0. The summed E-state index contributed by atoms with van der Waals surface area (Å²) in [4.78, 5) is 12.1. The fraction of sp³-hybridized carbons (Fsp3) is 0.929. The van der Waals surface area contributed by atoms with Gasteiger partial charge in [0, 0.05) is 6.04 Å². The van der Waals surface area contributed by atoms with Gasteiger partial charge in [0.05, 0.1) is 6.04 Å². The fourth-order valence-electron chi connectivity index (χ4n) is 2.46. The van der Waals surface area contributed by atoms with E-state index in [2.05, 4.69) is 24.5 Å². The van der Waals surface area contributed by atoms with Crippen LogP contribution in [0.3, 0.4) is 0 Å². The molecule has 1 aliphatic heterocycles. The highest BCUT2D eigenvalue weighted by Crippen LogP contribution is 2.10. The van der Waals surface area contributed by atoms with Gasteiger partial charge in [-0.1, -0.05) is 39.5 Å². The lowest BCUT2D eigenvalue weighted by Crippen LogP contribution is -2.48. The molecule has 0 aromatic rings. The minimum atomic E-state index is 0.0428. The third-order valence-electron chi connectivity index (χ3n) is 3.60. The second-order valence-electron chi connectivity index (χ2n) is 5.11. The van der Waals surface area contributed by atoms with E-state index in [-0.39, 0.29) is 11.9 Å². The van der Waals surface area contributed by atoms with Crippen LogP contribution in [0.15, 0.2) is 0 Å². The molecule has 17 heavy (non-hydrogen) atoms. The topological polar surface area (TPSA) is 41.1 Å². The van der Waals surface area contributed by atoms with Crippen LogP contribution in [-0.4, -0.2) is 24.5 Å². The smallest absolute Gasteiger partial charge is 0.237 e. The lowest BCUT2D eigenvalue weighted by Gasteiger charge is -2.24. The molecule has 0 saturated carbocycles. The summed E-state index contributed by atoms with van der Waals surface area (Å²) in [5, 5.41) is 6.56. The third-order valence-corrected chi connectivity index (χ3v) is 3.60. The van der Waals surface area contributed by atoms with Gasteiger partial charge < -0.3 is 10.6 Å². The molecule has 0 spiro atoms. The summed E-state index contributed by atoms with van der Waals surface area (Å²) in [6.07, 6.45) is 9.21. The first-order valence-corrected chi connectivity index (χ1v) is 7.31. The van der Waals surface area contributed by atoms with E-state index in [1.807, 2.05) is 0 Å². The summed E-state index contributed by atoms with van der Waals surface area (Å²) in [6.45, 7) is 5.30. The summed E-state index contributed by atoms with van der Waals surface area (Å²) in [6, 6.07) is 0.404. The Morgan fingerprint density at radius 2 is 2.06 bits per heavy atom. The number of carbonyl (C=O) groups is 1. The van der Waals surface area contributed by atoms with Gasteiger partial charge in [-0.2, -0.15) is 0 Å². The predicted molar refractivity (Wildman–Crippen MR) is 72.0 cm³/mol. The standard InChI is InChI=1S/C14H28N2O/c1-3-9-12(4-2)16-14(17)13-10-7-5-6-8-11-15-13/h12-13,15H,3-11H2,1-2H3,(H,16,17). The zero-order chi connectivity index (χ0) is 12.5. The van der Waals surface area contributed by atoms with E-state index in [1.54, 1.807) is 0 Å². The maximum absolute atomic E-state index is 12.1. The molecule has 1 aliphatic rings. The molecule has 0 aromatic heterocycles.